The highest BCUT2D eigenvalue weighted by Crippen LogP contribution is 2.25. The minimum Gasteiger partial charge on any atom is -0.494 e. The summed E-state index contributed by atoms with van der Waals surface area (Å²) in [4.78, 5) is 9.53. The van der Waals surface area contributed by atoms with Gasteiger partial charge in [-0.2, -0.15) is 4.99 Å². The van der Waals surface area contributed by atoms with E-state index < -0.39 is 0 Å². The van der Waals surface area contributed by atoms with E-state index in [-0.39, 0.29) is 5.84 Å². The number of nitrogens with one attached hydrogen (secondary N) is 1. The van der Waals surface area contributed by atoms with Crippen molar-refractivity contribution in [2.24, 2.45) is 4.99 Å². The molecule has 0 spiro atoms. The summed E-state index contributed by atoms with van der Waals surface area (Å²) in [7, 11) is 0. The number of amidine groups is 1. The molecule has 2 aromatic heterocycles. The van der Waals surface area contributed by atoms with Gasteiger partial charge in [0.2, 0.25) is 0 Å². The van der Waals surface area contributed by atoms with Gasteiger partial charge < -0.3 is 4.74 Å². The first-order valence-corrected chi connectivity index (χ1v) is 10.2. The van der Waals surface area contributed by atoms with Gasteiger partial charge in [0.05, 0.1) is 12.3 Å². The second-order valence-corrected chi connectivity index (χ2v) is 7.04. The topological polar surface area (TPSA) is 63.3 Å². The molecule has 0 amide bonds. The van der Waals surface area contributed by atoms with Crippen LogP contribution in [0.3, 0.4) is 0 Å². The minimum atomic E-state index is 0.135. The number of hydrogen-bond donors (Lipinski definition) is 1. The molecule has 4 aromatic rings. The van der Waals surface area contributed by atoms with Crippen molar-refractivity contribution in [1.29, 1.82) is 5.41 Å². The van der Waals surface area contributed by atoms with Crippen molar-refractivity contribution in [3.63, 3.8) is 0 Å². The molecule has 2 heterocycles. The quantitative estimate of drug-likeness (QED) is 0.381. The van der Waals surface area contributed by atoms with Crippen LogP contribution in [0.4, 0.5) is 0 Å². The number of pyridine rings is 1. The van der Waals surface area contributed by atoms with Crippen LogP contribution >= 0.6 is 11.3 Å². The molecule has 0 aliphatic carbocycles. The van der Waals surface area contributed by atoms with Crippen molar-refractivity contribution < 1.29 is 4.74 Å². The summed E-state index contributed by atoms with van der Waals surface area (Å²) < 4.78 is 7.63. The molecule has 2 aromatic carbocycles. The van der Waals surface area contributed by atoms with Crippen LogP contribution < -0.4 is 9.54 Å². The van der Waals surface area contributed by atoms with E-state index in [9.17, 15) is 0 Å². The van der Waals surface area contributed by atoms with Gasteiger partial charge in [0.1, 0.15) is 11.4 Å². The summed E-state index contributed by atoms with van der Waals surface area (Å²) in [5.41, 5.74) is 3.60. The lowest BCUT2D eigenvalue weighted by molar-refractivity contribution is 0.340. The zero-order valence-corrected chi connectivity index (χ0v) is 16.8. The summed E-state index contributed by atoms with van der Waals surface area (Å²) in [5.74, 6) is 0.981. The Labute approximate surface area is 173 Å². The third kappa shape index (κ3) is 4.17. The molecule has 29 heavy (non-hydrogen) atoms. The van der Waals surface area contributed by atoms with E-state index in [0.717, 1.165) is 27.5 Å². The predicted molar refractivity (Wildman–Crippen MR) is 117 cm³/mol. The van der Waals surface area contributed by atoms with Crippen molar-refractivity contribution >= 4 is 17.2 Å². The monoisotopic (exact) mass is 400 g/mol. The van der Waals surface area contributed by atoms with Gasteiger partial charge in [0, 0.05) is 17.3 Å². The Kier molecular flexibility index (Phi) is 5.63. The zero-order chi connectivity index (χ0) is 20.1. The van der Waals surface area contributed by atoms with E-state index in [1.165, 1.54) is 11.3 Å². The zero-order valence-electron chi connectivity index (χ0n) is 15.9. The molecule has 0 saturated heterocycles. The molecule has 0 aliphatic rings. The Morgan fingerprint density at radius 3 is 2.48 bits per heavy atom. The van der Waals surface area contributed by atoms with E-state index in [4.69, 9.17) is 10.1 Å². The average molecular weight is 401 g/mol. The second kappa shape index (κ2) is 8.67. The van der Waals surface area contributed by atoms with Crippen molar-refractivity contribution in [3.8, 4) is 22.7 Å². The number of nitrogens with zero attached hydrogens (tertiary/aromatic N) is 3. The molecule has 0 aliphatic heterocycles. The molecular weight excluding hydrogens is 380 g/mol. The molecular formula is C23H20N4OS. The smallest absolute Gasteiger partial charge is 0.196 e. The third-order valence-electron chi connectivity index (χ3n) is 4.30. The van der Waals surface area contributed by atoms with E-state index in [1.807, 2.05) is 73.7 Å². The molecule has 0 fully saturated rings. The Morgan fingerprint density at radius 2 is 1.79 bits per heavy atom. The maximum Gasteiger partial charge on any atom is 0.196 e. The van der Waals surface area contributed by atoms with Gasteiger partial charge in [0.25, 0.3) is 0 Å². The molecule has 1 N–H and O–H groups in total. The lowest BCUT2D eigenvalue weighted by Gasteiger charge is -2.10. The number of ether oxygens (including phenoxy) is 1. The maximum absolute atomic E-state index is 8.36. The largest absolute Gasteiger partial charge is 0.494 e. The summed E-state index contributed by atoms with van der Waals surface area (Å²) >= 11 is 1.50. The van der Waals surface area contributed by atoms with Crippen LogP contribution in [0.25, 0.3) is 16.9 Å². The lowest BCUT2D eigenvalue weighted by Crippen LogP contribution is -2.16. The van der Waals surface area contributed by atoms with Crippen molar-refractivity contribution in [3.05, 3.63) is 94.9 Å². The summed E-state index contributed by atoms with van der Waals surface area (Å²) in [6.07, 6.45) is 1.67. The Hall–Kier alpha value is -3.51. The first-order valence-electron chi connectivity index (χ1n) is 9.30. The van der Waals surface area contributed by atoms with Gasteiger partial charge >= 0.3 is 0 Å². The van der Waals surface area contributed by atoms with E-state index in [2.05, 4.69) is 19.9 Å². The fraction of sp³-hybridized carbons (Fsp3) is 0.0870. The molecule has 4 rings (SSSR count). The van der Waals surface area contributed by atoms with Crippen molar-refractivity contribution in [1.82, 2.24) is 9.55 Å². The number of benzene rings is 2. The lowest BCUT2D eigenvalue weighted by atomic mass is 10.1. The van der Waals surface area contributed by atoms with Gasteiger partial charge in [0.15, 0.2) is 10.6 Å². The van der Waals surface area contributed by atoms with Crippen LogP contribution in [0.2, 0.25) is 0 Å². The Morgan fingerprint density at radius 1 is 1.03 bits per heavy atom. The Balaban J connectivity index is 1.83. The molecule has 0 unspecified atom stereocenters. The van der Waals surface area contributed by atoms with Crippen molar-refractivity contribution in [2.75, 3.05) is 6.61 Å². The van der Waals surface area contributed by atoms with Crippen LogP contribution in [0, 0.1) is 5.41 Å². The second-order valence-electron chi connectivity index (χ2n) is 6.21. The predicted octanol–water partition coefficient (Wildman–Crippen LogP) is 4.93. The van der Waals surface area contributed by atoms with Gasteiger partial charge in [-0.05, 0) is 61.0 Å². The van der Waals surface area contributed by atoms with Crippen LogP contribution in [0.15, 0.2) is 89.4 Å². The highest BCUT2D eigenvalue weighted by Gasteiger charge is 2.11. The SMILES string of the molecule is CCOc1ccc(-c2csc(=NC(=N)c3ccccn3)n2-c2ccccc2)cc1. The van der Waals surface area contributed by atoms with Crippen LogP contribution in [-0.4, -0.2) is 22.0 Å². The van der Waals surface area contributed by atoms with Gasteiger partial charge in [-0.1, -0.05) is 24.3 Å². The first-order chi connectivity index (χ1) is 14.3. The first kappa shape index (κ1) is 18.8. The highest BCUT2D eigenvalue weighted by atomic mass is 32.1. The molecule has 144 valence electrons. The number of para-hydroxylation sites is 1. The third-order valence-corrected chi connectivity index (χ3v) is 5.12. The highest BCUT2D eigenvalue weighted by molar-refractivity contribution is 7.07. The summed E-state index contributed by atoms with van der Waals surface area (Å²) in [6, 6.07) is 23.6. The molecule has 5 nitrogen and oxygen atoms in total. The van der Waals surface area contributed by atoms with E-state index >= 15 is 0 Å². The number of rotatable bonds is 5. The fourth-order valence-electron chi connectivity index (χ4n) is 2.96. The normalized spacial score (nSPS) is 11.4. The fourth-order valence-corrected chi connectivity index (χ4v) is 3.87. The van der Waals surface area contributed by atoms with Crippen LogP contribution in [-0.2, 0) is 0 Å². The van der Waals surface area contributed by atoms with Gasteiger partial charge in [-0.25, -0.2) is 0 Å². The Bertz CT molecular complexity index is 1160. The van der Waals surface area contributed by atoms with E-state index in [0.29, 0.717) is 12.3 Å². The maximum atomic E-state index is 8.36. The molecule has 0 bridgehead atoms. The molecule has 0 atom stereocenters. The van der Waals surface area contributed by atoms with Crippen molar-refractivity contribution in [2.45, 2.75) is 6.92 Å². The van der Waals surface area contributed by atoms with E-state index in [1.54, 1.807) is 12.3 Å². The molecule has 0 radical (unpaired) electrons. The molecule has 0 saturated carbocycles. The van der Waals surface area contributed by atoms with Gasteiger partial charge in [-0.3, -0.25) is 15.0 Å². The summed E-state index contributed by atoms with van der Waals surface area (Å²) in [6.45, 7) is 2.61. The number of thiazole rings is 1. The summed E-state index contributed by atoms with van der Waals surface area (Å²) in [5, 5.41) is 10.4. The number of aromatic nitrogens is 2. The standard InChI is InChI=1S/C23H20N4OS/c1-2-28-19-13-11-17(12-14-19)21-16-29-23(27(21)18-8-4-3-5-9-18)26-22(24)20-10-6-7-15-25-20/h3-16,24H,2H2,1H3. The number of hydrogen-bond acceptors (Lipinski definition) is 4. The average Bonchev–Trinajstić information content (AvgIpc) is 3.19. The van der Waals surface area contributed by atoms with Gasteiger partial charge in [-0.15, -0.1) is 11.3 Å². The minimum absolute atomic E-state index is 0.135. The van der Waals surface area contributed by atoms with Crippen LogP contribution in [0.1, 0.15) is 12.6 Å². The molecule has 6 heteroatoms. The van der Waals surface area contributed by atoms with Crippen LogP contribution in [0.5, 0.6) is 5.75 Å².